The van der Waals surface area contributed by atoms with Crippen LogP contribution in [-0.4, -0.2) is 57.3 Å². The van der Waals surface area contributed by atoms with Crippen molar-refractivity contribution in [1.29, 1.82) is 0 Å². The van der Waals surface area contributed by atoms with Crippen LogP contribution in [0.4, 0.5) is 5.69 Å². The van der Waals surface area contributed by atoms with Crippen LogP contribution in [0.3, 0.4) is 0 Å². The Morgan fingerprint density at radius 1 is 1.28 bits per heavy atom. The zero-order valence-electron chi connectivity index (χ0n) is 15.4. The first-order valence-electron chi connectivity index (χ1n) is 8.50. The minimum atomic E-state index is -0.0608. The molecule has 1 aliphatic rings. The number of likely N-dealkylation sites (tertiary alicyclic amines) is 1. The predicted octanol–water partition coefficient (Wildman–Crippen LogP) is 1.77. The minimum absolute atomic E-state index is 0.0506. The zero-order chi connectivity index (χ0) is 18.1. The largest absolute Gasteiger partial charge is 0.380 e. The summed E-state index contributed by atoms with van der Waals surface area (Å²) in [6, 6.07) is 0.0506. The quantitative estimate of drug-likeness (QED) is 0.766. The molecule has 3 heterocycles. The second kappa shape index (κ2) is 6.97. The lowest BCUT2D eigenvalue weighted by molar-refractivity contribution is -0.117. The van der Waals surface area contributed by atoms with E-state index in [2.05, 4.69) is 30.4 Å². The van der Waals surface area contributed by atoms with E-state index >= 15 is 0 Å². The summed E-state index contributed by atoms with van der Waals surface area (Å²) < 4.78 is 5.53. The highest BCUT2D eigenvalue weighted by Gasteiger charge is 2.36. The van der Waals surface area contributed by atoms with Crippen LogP contribution in [0, 0.1) is 27.7 Å². The van der Waals surface area contributed by atoms with Crippen LogP contribution in [0.5, 0.6) is 0 Å². The Morgan fingerprint density at radius 3 is 2.60 bits per heavy atom. The number of anilines is 1. The van der Waals surface area contributed by atoms with Crippen molar-refractivity contribution < 1.29 is 9.53 Å². The molecule has 1 fully saturated rings. The summed E-state index contributed by atoms with van der Waals surface area (Å²) in [5.41, 5.74) is 4.45. The molecule has 136 valence electrons. The number of aryl methyl sites for hydroxylation is 4. The fraction of sp³-hybridized carbons (Fsp3) is 0.588. The Balaban J connectivity index is 1.73. The molecule has 0 aromatic carbocycles. The number of methoxy groups -OCH3 is 1. The Labute approximate surface area is 147 Å². The lowest BCUT2D eigenvalue weighted by Crippen LogP contribution is -2.34. The van der Waals surface area contributed by atoms with E-state index in [-0.39, 0.29) is 24.6 Å². The van der Waals surface area contributed by atoms with Crippen LogP contribution in [0.1, 0.15) is 41.1 Å². The number of carbonyl (C=O) groups is 1. The summed E-state index contributed by atoms with van der Waals surface area (Å²) in [5.74, 6) is 0.840. The van der Waals surface area contributed by atoms with Crippen LogP contribution in [0.25, 0.3) is 0 Å². The lowest BCUT2D eigenvalue weighted by atomic mass is 10.2. The van der Waals surface area contributed by atoms with Gasteiger partial charge in [-0.3, -0.25) is 14.8 Å². The maximum Gasteiger partial charge on any atom is 0.238 e. The molecule has 0 bridgehead atoms. The van der Waals surface area contributed by atoms with Gasteiger partial charge in [0.2, 0.25) is 5.91 Å². The molecular formula is C17H26N6O2. The van der Waals surface area contributed by atoms with E-state index in [0.717, 1.165) is 40.7 Å². The third-order valence-corrected chi connectivity index (χ3v) is 4.90. The topological polar surface area (TPSA) is 98.9 Å². The van der Waals surface area contributed by atoms with Gasteiger partial charge >= 0.3 is 0 Å². The molecule has 1 amide bonds. The van der Waals surface area contributed by atoms with Crippen molar-refractivity contribution in [2.45, 2.75) is 46.3 Å². The molecule has 8 nitrogen and oxygen atoms in total. The number of hydrogen-bond donors (Lipinski definition) is 3. The molecule has 0 spiro atoms. The van der Waals surface area contributed by atoms with E-state index in [1.807, 2.05) is 27.7 Å². The first-order valence-corrected chi connectivity index (χ1v) is 8.50. The van der Waals surface area contributed by atoms with Crippen LogP contribution in [0.15, 0.2) is 0 Å². The number of hydrogen-bond acceptors (Lipinski definition) is 5. The Morgan fingerprint density at radius 2 is 2.04 bits per heavy atom. The summed E-state index contributed by atoms with van der Waals surface area (Å²) in [4.78, 5) is 22.6. The first kappa shape index (κ1) is 17.6. The number of nitrogens with zero attached hydrogens (tertiary/aromatic N) is 3. The van der Waals surface area contributed by atoms with Crippen molar-refractivity contribution in [3.8, 4) is 0 Å². The molecule has 3 rings (SSSR count). The van der Waals surface area contributed by atoms with Crippen molar-refractivity contribution in [3.05, 3.63) is 28.6 Å². The summed E-state index contributed by atoms with van der Waals surface area (Å²) in [6.45, 7) is 8.75. The zero-order valence-corrected chi connectivity index (χ0v) is 15.4. The second-order valence-electron chi connectivity index (χ2n) is 6.73. The van der Waals surface area contributed by atoms with Crippen LogP contribution < -0.4 is 5.32 Å². The summed E-state index contributed by atoms with van der Waals surface area (Å²) in [5, 5.41) is 9.96. The van der Waals surface area contributed by atoms with Crippen LogP contribution in [-0.2, 0) is 9.53 Å². The predicted molar refractivity (Wildman–Crippen MR) is 94.5 cm³/mol. The van der Waals surface area contributed by atoms with E-state index in [9.17, 15) is 4.79 Å². The molecule has 25 heavy (non-hydrogen) atoms. The average Bonchev–Trinajstić information content (AvgIpc) is 3.21. The molecule has 2 atom stereocenters. The average molecular weight is 346 g/mol. The maximum atomic E-state index is 12.5. The smallest absolute Gasteiger partial charge is 0.238 e. The summed E-state index contributed by atoms with van der Waals surface area (Å²) in [7, 11) is 1.71. The lowest BCUT2D eigenvalue weighted by Gasteiger charge is -2.22. The molecule has 3 N–H and O–H groups in total. The molecular weight excluding hydrogens is 320 g/mol. The normalized spacial score (nSPS) is 21.0. The van der Waals surface area contributed by atoms with E-state index in [0.29, 0.717) is 6.54 Å². The van der Waals surface area contributed by atoms with Gasteiger partial charge in [-0.25, -0.2) is 4.98 Å². The number of imidazole rings is 1. The highest BCUT2D eigenvalue weighted by atomic mass is 16.5. The SMILES string of the molecule is CO[C@@H]1C[C@@H](c2nc(C)c(C)[nH]2)N(CC(=O)Nc2c(C)n[nH]c2C)C1. The van der Waals surface area contributed by atoms with Gasteiger partial charge in [0.25, 0.3) is 0 Å². The first-order chi connectivity index (χ1) is 11.9. The minimum Gasteiger partial charge on any atom is -0.380 e. The van der Waals surface area contributed by atoms with Crippen LogP contribution >= 0.6 is 0 Å². The molecule has 1 aliphatic heterocycles. The number of ether oxygens (including phenoxy) is 1. The maximum absolute atomic E-state index is 12.5. The Kier molecular flexibility index (Phi) is 4.91. The fourth-order valence-electron chi connectivity index (χ4n) is 3.32. The van der Waals surface area contributed by atoms with Crippen molar-refractivity contribution in [3.63, 3.8) is 0 Å². The number of nitrogens with one attached hydrogen (secondary N) is 3. The molecule has 2 aromatic heterocycles. The highest BCUT2D eigenvalue weighted by Crippen LogP contribution is 2.32. The summed E-state index contributed by atoms with van der Waals surface area (Å²) in [6.07, 6.45) is 0.917. The number of amides is 1. The van der Waals surface area contributed by atoms with Gasteiger partial charge in [-0.1, -0.05) is 0 Å². The number of rotatable bonds is 5. The van der Waals surface area contributed by atoms with Crippen LogP contribution in [0.2, 0.25) is 0 Å². The van der Waals surface area contributed by atoms with Gasteiger partial charge in [-0.15, -0.1) is 0 Å². The molecule has 0 aliphatic carbocycles. The van der Waals surface area contributed by atoms with Gasteiger partial charge < -0.3 is 15.0 Å². The van der Waals surface area contributed by atoms with Crippen molar-refractivity contribution in [2.24, 2.45) is 0 Å². The van der Waals surface area contributed by atoms with Crippen molar-refractivity contribution in [2.75, 3.05) is 25.5 Å². The highest BCUT2D eigenvalue weighted by molar-refractivity contribution is 5.93. The number of aromatic amines is 2. The standard InChI is InChI=1S/C17H26N6O2/c1-9-10(2)19-17(18-9)14-6-13(25-5)7-23(14)8-15(24)20-16-11(3)21-22-12(16)4/h13-14H,6-8H2,1-5H3,(H,18,19)(H,20,24)(H,21,22)/t13-,14+/m1/s1. The fourth-order valence-corrected chi connectivity index (χ4v) is 3.32. The summed E-state index contributed by atoms with van der Waals surface area (Å²) >= 11 is 0. The van der Waals surface area contributed by atoms with E-state index in [4.69, 9.17) is 4.74 Å². The van der Waals surface area contributed by atoms with E-state index in [1.165, 1.54) is 0 Å². The third kappa shape index (κ3) is 3.59. The monoisotopic (exact) mass is 346 g/mol. The molecule has 8 heteroatoms. The van der Waals surface area contributed by atoms with Gasteiger partial charge in [-0.05, 0) is 34.1 Å². The molecule has 2 aromatic rings. The van der Waals surface area contributed by atoms with Gasteiger partial charge in [-0.2, -0.15) is 5.10 Å². The third-order valence-electron chi connectivity index (χ3n) is 4.90. The van der Waals surface area contributed by atoms with Gasteiger partial charge in [0, 0.05) is 19.3 Å². The second-order valence-corrected chi connectivity index (χ2v) is 6.73. The number of carbonyl (C=O) groups excluding carboxylic acids is 1. The van der Waals surface area contributed by atoms with Gasteiger partial charge in [0.05, 0.1) is 41.5 Å². The number of aromatic nitrogens is 4. The van der Waals surface area contributed by atoms with Crippen molar-refractivity contribution >= 4 is 11.6 Å². The Hall–Kier alpha value is -2.19. The molecule has 0 radical (unpaired) electrons. The van der Waals surface area contributed by atoms with Gasteiger partial charge in [0.15, 0.2) is 0 Å². The van der Waals surface area contributed by atoms with E-state index < -0.39 is 0 Å². The molecule has 0 unspecified atom stereocenters. The van der Waals surface area contributed by atoms with E-state index in [1.54, 1.807) is 7.11 Å². The Bertz CT molecular complexity index is 726. The number of H-pyrrole nitrogens is 2. The van der Waals surface area contributed by atoms with Crippen molar-refractivity contribution in [1.82, 2.24) is 25.1 Å². The molecule has 1 saturated heterocycles. The van der Waals surface area contributed by atoms with Gasteiger partial charge in [0.1, 0.15) is 5.82 Å². The molecule has 0 saturated carbocycles.